The first-order chi connectivity index (χ1) is 8.58. The lowest BCUT2D eigenvalue weighted by Gasteiger charge is -2.16. The third-order valence-electron chi connectivity index (χ3n) is 3.22. The molecule has 1 unspecified atom stereocenters. The lowest BCUT2D eigenvalue weighted by molar-refractivity contribution is 0.0930. The topological polar surface area (TPSA) is 69.8 Å². The molecule has 100 valence electrons. The van der Waals surface area contributed by atoms with Crippen molar-refractivity contribution in [2.75, 3.05) is 6.54 Å². The van der Waals surface area contributed by atoms with Crippen molar-refractivity contribution in [1.29, 1.82) is 0 Å². The van der Waals surface area contributed by atoms with E-state index in [-0.39, 0.29) is 11.9 Å². The van der Waals surface area contributed by atoms with E-state index >= 15 is 0 Å². The van der Waals surface area contributed by atoms with Gasteiger partial charge in [0.1, 0.15) is 0 Å². The van der Waals surface area contributed by atoms with Gasteiger partial charge in [-0.2, -0.15) is 5.10 Å². The highest BCUT2D eigenvalue weighted by molar-refractivity contribution is 5.94. The van der Waals surface area contributed by atoms with Gasteiger partial charge in [-0.25, -0.2) is 0 Å². The van der Waals surface area contributed by atoms with E-state index in [4.69, 9.17) is 0 Å². The molecule has 0 saturated heterocycles. The molecular weight excluding hydrogens is 228 g/mol. The summed E-state index contributed by atoms with van der Waals surface area (Å²) in [5.74, 6) is 0.513. The van der Waals surface area contributed by atoms with Crippen molar-refractivity contribution in [2.24, 2.45) is 5.92 Å². The van der Waals surface area contributed by atoms with Crippen molar-refractivity contribution in [3.8, 4) is 0 Å². The van der Waals surface area contributed by atoms with Gasteiger partial charge in [-0.05, 0) is 19.3 Å². The number of nitrogens with zero attached hydrogens (tertiary/aromatic N) is 1. The third kappa shape index (κ3) is 2.90. The van der Waals surface area contributed by atoms with Crippen LogP contribution in [0.4, 0.5) is 0 Å². The Balaban J connectivity index is 2.03. The van der Waals surface area contributed by atoms with Crippen LogP contribution in [0.5, 0.6) is 0 Å². The summed E-state index contributed by atoms with van der Waals surface area (Å²) in [5.41, 5.74) is 2.67. The molecule has 0 saturated carbocycles. The molecule has 0 radical (unpaired) electrons. The Hall–Kier alpha value is -1.36. The van der Waals surface area contributed by atoms with Gasteiger partial charge in [0.05, 0.1) is 0 Å². The smallest absolute Gasteiger partial charge is 0.272 e. The van der Waals surface area contributed by atoms with Crippen LogP contribution in [0.3, 0.4) is 0 Å². The lowest BCUT2D eigenvalue weighted by atomic mass is 10.0. The van der Waals surface area contributed by atoms with Crippen LogP contribution in [0, 0.1) is 5.92 Å². The minimum Gasteiger partial charge on any atom is -0.348 e. The maximum absolute atomic E-state index is 12.1. The van der Waals surface area contributed by atoms with Crippen LogP contribution in [-0.2, 0) is 13.0 Å². The molecule has 5 heteroatoms. The zero-order valence-electron chi connectivity index (χ0n) is 11.3. The van der Waals surface area contributed by atoms with Crippen molar-refractivity contribution < 1.29 is 4.79 Å². The van der Waals surface area contributed by atoms with Gasteiger partial charge in [-0.1, -0.05) is 13.8 Å². The van der Waals surface area contributed by atoms with Gasteiger partial charge in [0, 0.05) is 36.8 Å². The number of carbonyl (C=O) groups is 1. The van der Waals surface area contributed by atoms with Crippen molar-refractivity contribution >= 4 is 5.91 Å². The summed E-state index contributed by atoms with van der Waals surface area (Å²) in [7, 11) is 0. The van der Waals surface area contributed by atoms with Crippen LogP contribution in [-0.4, -0.2) is 28.7 Å². The van der Waals surface area contributed by atoms with Crippen LogP contribution in [0.2, 0.25) is 0 Å². The molecule has 3 N–H and O–H groups in total. The van der Waals surface area contributed by atoms with E-state index in [9.17, 15) is 4.79 Å². The van der Waals surface area contributed by atoms with E-state index in [1.54, 1.807) is 0 Å². The summed E-state index contributed by atoms with van der Waals surface area (Å²) < 4.78 is 0. The van der Waals surface area contributed by atoms with Crippen molar-refractivity contribution in [3.05, 3.63) is 17.0 Å². The fourth-order valence-electron chi connectivity index (χ4n) is 2.47. The Kier molecular flexibility index (Phi) is 4.01. The molecule has 1 aliphatic rings. The van der Waals surface area contributed by atoms with Crippen molar-refractivity contribution in [2.45, 2.75) is 46.2 Å². The molecule has 5 nitrogen and oxygen atoms in total. The Labute approximate surface area is 108 Å². The van der Waals surface area contributed by atoms with Gasteiger partial charge in [0.25, 0.3) is 5.91 Å². The normalized spacial score (nSPS) is 16.4. The second kappa shape index (κ2) is 5.52. The summed E-state index contributed by atoms with van der Waals surface area (Å²) in [6.07, 6.45) is 1.90. The Morgan fingerprint density at radius 1 is 1.44 bits per heavy atom. The maximum Gasteiger partial charge on any atom is 0.272 e. The maximum atomic E-state index is 12.1. The number of hydrogen-bond donors (Lipinski definition) is 3. The Bertz CT molecular complexity index is 425. The predicted molar refractivity (Wildman–Crippen MR) is 70.4 cm³/mol. The predicted octanol–water partition coefficient (Wildman–Crippen LogP) is 1.22. The van der Waals surface area contributed by atoms with Gasteiger partial charge in [-0.3, -0.25) is 9.89 Å². The van der Waals surface area contributed by atoms with Gasteiger partial charge >= 0.3 is 0 Å². The minimum absolute atomic E-state index is 0.0654. The number of hydrogen-bond acceptors (Lipinski definition) is 3. The van der Waals surface area contributed by atoms with Gasteiger partial charge in [0.15, 0.2) is 5.69 Å². The highest BCUT2D eigenvalue weighted by Crippen LogP contribution is 2.15. The molecule has 1 aromatic rings. The van der Waals surface area contributed by atoms with Crippen molar-refractivity contribution in [3.63, 3.8) is 0 Å². The molecule has 0 aromatic carbocycles. The van der Waals surface area contributed by atoms with Crippen molar-refractivity contribution in [1.82, 2.24) is 20.8 Å². The zero-order valence-corrected chi connectivity index (χ0v) is 11.3. The summed E-state index contributed by atoms with van der Waals surface area (Å²) in [6.45, 7) is 8.02. The molecule has 0 bridgehead atoms. The van der Waals surface area contributed by atoms with E-state index in [0.717, 1.165) is 37.2 Å². The highest BCUT2D eigenvalue weighted by Gasteiger charge is 2.22. The number of aromatic nitrogens is 2. The third-order valence-corrected chi connectivity index (χ3v) is 3.22. The van der Waals surface area contributed by atoms with Crippen LogP contribution in [0.25, 0.3) is 0 Å². The average molecular weight is 250 g/mol. The standard InChI is InChI=1S/C13H22N4O/c1-8(2)6-9(3)15-13(18)12-10-7-14-5-4-11(10)16-17-12/h8-9,14H,4-7H2,1-3H3,(H,15,18)(H,16,17). The first-order valence-corrected chi connectivity index (χ1v) is 6.65. The molecule has 18 heavy (non-hydrogen) atoms. The Morgan fingerprint density at radius 3 is 2.94 bits per heavy atom. The number of aromatic amines is 1. The second-order valence-corrected chi connectivity index (χ2v) is 5.46. The summed E-state index contributed by atoms with van der Waals surface area (Å²) in [4.78, 5) is 12.1. The number of fused-ring (bicyclic) bond motifs is 1. The minimum atomic E-state index is -0.0654. The van der Waals surface area contributed by atoms with Crippen LogP contribution < -0.4 is 10.6 Å². The number of amides is 1. The fourth-order valence-corrected chi connectivity index (χ4v) is 2.47. The molecule has 2 heterocycles. The molecule has 1 aromatic heterocycles. The molecule has 2 rings (SSSR count). The molecule has 0 aliphatic carbocycles. The second-order valence-electron chi connectivity index (χ2n) is 5.46. The van der Waals surface area contributed by atoms with Crippen LogP contribution >= 0.6 is 0 Å². The monoisotopic (exact) mass is 250 g/mol. The van der Waals surface area contributed by atoms with Crippen LogP contribution in [0.1, 0.15) is 48.9 Å². The van der Waals surface area contributed by atoms with E-state index in [1.807, 2.05) is 6.92 Å². The highest BCUT2D eigenvalue weighted by atomic mass is 16.2. The van der Waals surface area contributed by atoms with Crippen LogP contribution in [0.15, 0.2) is 0 Å². The molecule has 0 fully saturated rings. The van der Waals surface area contributed by atoms with E-state index in [1.165, 1.54) is 0 Å². The molecule has 0 spiro atoms. The summed E-state index contributed by atoms with van der Waals surface area (Å²) >= 11 is 0. The first kappa shape index (κ1) is 13.1. The lowest BCUT2D eigenvalue weighted by Crippen LogP contribution is -2.35. The van der Waals surface area contributed by atoms with E-state index < -0.39 is 0 Å². The van der Waals surface area contributed by atoms with E-state index in [0.29, 0.717) is 11.6 Å². The quantitative estimate of drug-likeness (QED) is 0.752. The number of carbonyl (C=O) groups excluding carboxylic acids is 1. The average Bonchev–Trinajstić information content (AvgIpc) is 2.71. The molecule has 1 aliphatic heterocycles. The zero-order chi connectivity index (χ0) is 13.1. The van der Waals surface area contributed by atoms with Gasteiger partial charge in [0.2, 0.25) is 0 Å². The van der Waals surface area contributed by atoms with E-state index in [2.05, 4.69) is 34.7 Å². The summed E-state index contributed by atoms with van der Waals surface area (Å²) in [5, 5.41) is 13.4. The first-order valence-electron chi connectivity index (χ1n) is 6.65. The number of rotatable bonds is 4. The number of H-pyrrole nitrogens is 1. The van der Waals surface area contributed by atoms with Gasteiger partial charge in [-0.15, -0.1) is 0 Å². The number of nitrogens with one attached hydrogen (secondary N) is 3. The van der Waals surface area contributed by atoms with Gasteiger partial charge < -0.3 is 10.6 Å². The SMILES string of the molecule is CC(C)CC(C)NC(=O)c1n[nH]c2c1CNCC2. The molecule has 1 amide bonds. The molecule has 1 atom stereocenters. The fraction of sp³-hybridized carbons (Fsp3) is 0.692. The summed E-state index contributed by atoms with van der Waals surface area (Å²) in [6, 6.07) is 0.182. The molecular formula is C13H22N4O. The largest absolute Gasteiger partial charge is 0.348 e. The Morgan fingerprint density at radius 2 is 2.22 bits per heavy atom.